The molecule has 0 radical (unpaired) electrons. The monoisotopic (exact) mass is 442 g/mol. The molecule has 0 spiro atoms. The highest BCUT2D eigenvalue weighted by atomic mass is 127. The third kappa shape index (κ3) is 2.92. The summed E-state index contributed by atoms with van der Waals surface area (Å²) in [6.45, 7) is 4.99. The summed E-state index contributed by atoms with van der Waals surface area (Å²) in [5.74, 6) is 0.0237. The molecule has 3 aliphatic rings. The fourth-order valence-corrected chi connectivity index (χ4v) is 4.73. The van der Waals surface area contributed by atoms with Crippen LogP contribution >= 0.6 is 22.6 Å². The van der Waals surface area contributed by atoms with Gasteiger partial charge in [0.15, 0.2) is 3.83 Å². The molecule has 2 aliphatic heterocycles. The van der Waals surface area contributed by atoms with Crippen molar-refractivity contribution in [1.82, 2.24) is 9.55 Å². The number of carbonyl (C=O) groups is 1. The van der Waals surface area contributed by atoms with Crippen molar-refractivity contribution in [2.45, 2.75) is 63.9 Å². The quantitative estimate of drug-likeness (QED) is 0.305. The van der Waals surface area contributed by atoms with Crippen molar-refractivity contribution in [3.05, 3.63) is 27.9 Å². The van der Waals surface area contributed by atoms with E-state index in [1.165, 1.54) is 5.57 Å². The smallest absolute Gasteiger partial charge is 0.311 e. The van der Waals surface area contributed by atoms with Gasteiger partial charge in [0, 0.05) is 24.9 Å². The number of aromatic nitrogens is 2. The number of ether oxygens (including phenoxy) is 2. The lowest BCUT2D eigenvalue weighted by Gasteiger charge is -2.22. The van der Waals surface area contributed by atoms with Gasteiger partial charge in [-0.2, -0.15) is 0 Å². The summed E-state index contributed by atoms with van der Waals surface area (Å²) < 4.78 is 14.8. The van der Waals surface area contributed by atoms with Gasteiger partial charge in [-0.15, -0.1) is 0 Å². The number of epoxide rings is 1. The number of rotatable bonds is 2. The zero-order valence-electron chi connectivity index (χ0n) is 14.1. The van der Waals surface area contributed by atoms with E-state index in [0.717, 1.165) is 29.5 Å². The Bertz CT molecular complexity index is 686. The second kappa shape index (κ2) is 6.12. The van der Waals surface area contributed by atoms with Gasteiger partial charge in [-0.05, 0) is 62.1 Å². The van der Waals surface area contributed by atoms with E-state index in [0.29, 0.717) is 6.54 Å². The topological polar surface area (TPSA) is 56.6 Å². The molecule has 1 aromatic rings. The van der Waals surface area contributed by atoms with Crippen molar-refractivity contribution in [1.29, 1.82) is 0 Å². The third-order valence-corrected chi connectivity index (χ3v) is 6.69. The highest BCUT2D eigenvalue weighted by molar-refractivity contribution is 14.1. The van der Waals surface area contributed by atoms with Crippen LogP contribution in [0.2, 0.25) is 0 Å². The summed E-state index contributed by atoms with van der Waals surface area (Å²) in [4.78, 5) is 16.9. The summed E-state index contributed by atoms with van der Waals surface area (Å²) in [5, 5.41) is 0. The van der Waals surface area contributed by atoms with Crippen LogP contribution in [0.15, 0.2) is 24.0 Å². The van der Waals surface area contributed by atoms with Gasteiger partial charge in [-0.25, -0.2) is 4.98 Å². The average Bonchev–Trinajstić information content (AvgIpc) is 2.86. The Balaban J connectivity index is 1.60. The molecule has 130 valence electrons. The van der Waals surface area contributed by atoms with Crippen molar-refractivity contribution in [3.63, 3.8) is 0 Å². The number of allylic oxidation sites excluding steroid dienone is 2. The number of imidazole rings is 1. The second-order valence-corrected chi connectivity index (χ2v) is 8.46. The van der Waals surface area contributed by atoms with Gasteiger partial charge in [0.1, 0.15) is 12.2 Å². The number of fused-ring (bicyclic) bond motifs is 3. The van der Waals surface area contributed by atoms with Crippen LogP contribution in [0.1, 0.15) is 39.5 Å². The molecule has 24 heavy (non-hydrogen) atoms. The molecule has 4 rings (SSSR count). The minimum atomic E-state index is -0.129. The predicted molar refractivity (Wildman–Crippen MR) is 97.3 cm³/mol. The maximum Gasteiger partial charge on any atom is 0.311 e. The van der Waals surface area contributed by atoms with Crippen LogP contribution in [0.25, 0.3) is 0 Å². The first-order valence-electron chi connectivity index (χ1n) is 8.68. The van der Waals surface area contributed by atoms with E-state index in [4.69, 9.17) is 9.47 Å². The zero-order chi connectivity index (χ0) is 16.9. The molecule has 1 aromatic heterocycles. The van der Waals surface area contributed by atoms with Gasteiger partial charge in [0.2, 0.25) is 0 Å². The van der Waals surface area contributed by atoms with E-state index in [9.17, 15) is 4.79 Å². The van der Waals surface area contributed by atoms with E-state index >= 15 is 0 Å². The van der Waals surface area contributed by atoms with E-state index in [1.807, 2.05) is 10.8 Å². The second-order valence-electron chi connectivity index (χ2n) is 7.50. The fourth-order valence-electron chi connectivity index (χ4n) is 4.21. The lowest BCUT2D eigenvalue weighted by Crippen LogP contribution is -2.31. The van der Waals surface area contributed by atoms with Gasteiger partial charge in [-0.3, -0.25) is 4.79 Å². The van der Waals surface area contributed by atoms with Crippen molar-refractivity contribution >= 4 is 28.6 Å². The number of halogens is 1. The molecule has 5 nitrogen and oxygen atoms in total. The number of esters is 1. The molecule has 6 heteroatoms. The van der Waals surface area contributed by atoms with Crippen LogP contribution in [0.3, 0.4) is 0 Å². The van der Waals surface area contributed by atoms with Crippen LogP contribution in [0.4, 0.5) is 0 Å². The molecule has 2 fully saturated rings. The Morgan fingerprint density at radius 1 is 1.50 bits per heavy atom. The predicted octanol–water partition coefficient (Wildman–Crippen LogP) is 3.32. The number of hydrogen-bond donors (Lipinski definition) is 0. The standard InChI is InChI=1S/C18H23IN2O3/c1-11-4-3-7-18(2)15(24-18)14-12(6-5-11)13(16(22)23-14)10-21-9-8-20-17(21)19/h4,8-9,12-15H,3,5-7,10H2,1-2H3/b11-4-/t12-,13?,14-,15-,18+/m0/s1. The van der Waals surface area contributed by atoms with E-state index in [2.05, 4.69) is 47.5 Å². The SMILES string of the molecule is C/C1=C/CC[C@@]2(C)O[C@H]2[C@H]2OC(=O)C(Cn3ccnc3I)[C@@H]2CC1. The highest BCUT2D eigenvalue weighted by Gasteiger charge is 2.62. The number of carbonyl (C=O) groups excluding carboxylic acids is 1. The van der Waals surface area contributed by atoms with Gasteiger partial charge in [0.05, 0.1) is 11.5 Å². The van der Waals surface area contributed by atoms with Gasteiger partial charge >= 0.3 is 5.97 Å². The normalized spacial score (nSPS) is 41.0. The van der Waals surface area contributed by atoms with Crippen molar-refractivity contribution < 1.29 is 14.3 Å². The van der Waals surface area contributed by atoms with Crippen molar-refractivity contribution in [2.24, 2.45) is 11.8 Å². The Morgan fingerprint density at radius 2 is 2.33 bits per heavy atom. The van der Waals surface area contributed by atoms with Crippen molar-refractivity contribution in [2.75, 3.05) is 0 Å². The maximum atomic E-state index is 12.6. The van der Waals surface area contributed by atoms with Gasteiger partial charge in [0.25, 0.3) is 0 Å². The molecule has 0 N–H and O–H groups in total. The average molecular weight is 442 g/mol. The van der Waals surface area contributed by atoms with Crippen LogP contribution in [0, 0.1) is 15.7 Å². The van der Waals surface area contributed by atoms with E-state index < -0.39 is 0 Å². The molecule has 0 saturated carbocycles. The molecular formula is C18H23IN2O3. The minimum Gasteiger partial charge on any atom is -0.459 e. The molecule has 1 unspecified atom stereocenters. The van der Waals surface area contributed by atoms with Crippen LogP contribution in [-0.2, 0) is 20.8 Å². The Kier molecular flexibility index (Phi) is 4.23. The Hall–Kier alpha value is -0.890. The highest BCUT2D eigenvalue weighted by Crippen LogP contribution is 2.50. The zero-order valence-corrected chi connectivity index (χ0v) is 16.2. The first-order chi connectivity index (χ1) is 11.5. The largest absolute Gasteiger partial charge is 0.459 e. The summed E-state index contributed by atoms with van der Waals surface area (Å²) in [6.07, 6.45) is 10.1. The van der Waals surface area contributed by atoms with Crippen LogP contribution < -0.4 is 0 Å². The van der Waals surface area contributed by atoms with Gasteiger partial charge < -0.3 is 14.0 Å². The van der Waals surface area contributed by atoms with Crippen molar-refractivity contribution in [3.8, 4) is 0 Å². The minimum absolute atomic E-state index is 0.0603. The summed E-state index contributed by atoms with van der Waals surface area (Å²) in [6, 6.07) is 0. The van der Waals surface area contributed by atoms with Crippen LogP contribution in [-0.4, -0.2) is 33.3 Å². The number of hydrogen-bond acceptors (Lipinski definition) is 4. The Morgan fingerprint density at radius 3 is 3.08 bits per heavy atom. The third-order valence-electron chi connectivity index (χ3n) is 5.80. The lowest BCUT2D eigenvalue weighted by molar-refractivity contribution is -0.145. The molecule has 0 amide bonds. The summed E-state index contributed by atoms with van der Waals surface area (Å²) in [7, 11) is 0. The molecule has 3 heterocycles. The van der Waals surface area contributed by atoms with Crippen LogP contribution in [0.5, 0.6) is 0 Å². The molecule has 5 atom stereocenters. The fraction of sp³-hybridized carbons (Fsp3) is 0.667. The summed E-state index contributed by atoms with van der Waals surface area (Å²) in [5.41, 5.74) is 1.28. The van der Waals surface area contributed by atoms with E-state index in [1.54, 1.807) is 6.20 Å². The molecule has 0 bridgehead atoms. The lowest BCUT2D eigenvalue weighted by atomic mass is 9.80. The number of nitrogens with zero attached hydrogens (tertiary/aromatic N) is 2. The maximum absolute atomic E-state index is 12.6. The Labute approximate surface area is 155 Å². The summed E-state index contributed by atoms with van der Waals surface area (Å²) >= 11 is 2.21. The molecular weight excluding hydrogens is 419 g/mol. The molecule has 1 aliphatic carbocycles. The first kappa shape index (κ1) is 16.6. The van der Waals surface area contributed by atoms with E-state index in [-0.39, 0.29) is 35.6 Å². The molecule has 2 saturated heterocycles. The first-order valence-corrected chi connectivity index (χ1v) is 9.76. The van der Waals surface area contributed by atoms with Gasteiger partial charge in [-0.1, -0.05) is 11.6 Å². The molecule has 0 aromatic carbocycles.